The molecule has 0 spiro atoms. The van der Waals surface area contributed by atoms with Gasteiger partial charge in [0.05, 0.1) is 11.1 Å². The van der Waals surface area contributed by atoms with Crippen molar-refractivity contribution in [2.45, 2.75) is 12.2 Å². The molecule has 2 aromatic carbocycles. The Bertz CT molecular complexity index is 817. The van der Waals surface area contributed by atoms with Crippen LogP contribution in [0.2, 0.25) is 10.0 Å². The zero-order chi connectivity index (χ0) is 20.8. The third-order valence-corrected chi connectivity index (χ3v) is 3.89. The zero-order valence-corrected chi connectivity index (χ0v) is 15.4. The lowest BCUT2D eigenvalue weighted by Crippen LogP contribution is -2.45. The second-order valence-electron chi connectivity index (χ2n) is 5.34. The van der Waals surface area contributed by atoms with Crippen LogP contribution < -0.4 is 0 Å². The van der Waals surface area contributed by atoms with Crippen molar-refractivity contribution in [1.29, 1.82) is 0 Å². The maximum Gasteiger partial charge on any atom is 0.349 e. The summed E-state index contributed by atoms with van der Waals surface area (Å²) in [6, 6.07) is 10.5. The van der Waals surface area contributed by atoms with E-state index >= 15 is 0 Å². The van der Waals surface area contributed by atoms with E-state index in [4.69, 9.17) is 32.7 Å². The first-order valence-corrected chi connectivity index (χ1v) is 8.33. The molecule has 8 nitrogen and oxygen atoms in total. The van der Waals surface area contributed by atoms with Gasteiger partial charge in [0.15, 0.2) is 0 Å². The maximum absolute atomic E-state index is 12.1. The normalized spacial score (nSPS) is 12.5. The summed E-state index contributed by atoms with van der Waals surface area (Å²) in [4.78, 5) is 47.1. The minimum absolute atomic E-state index is 0.0659. The Morgan fingerprint density at radius 1 is 0.643 bits per heavy atom. The van der Waals surface area contributed by atoms with Crippen LogP contribution in [0.25, 0.3) is 0 Å². The molecule has 0 aliphatic heterocycles. The smallest absolute Gasteiger partial charge is 0.349 e. The molecule has 146 valence electrons. The molecule has 0 heterocycles. The molecule has 28 heavy (non-hydrogen) atoms. The highest BCUT2D eigenvalue weighted by Gasteiger charge is 2.41. The lowest BCUT2D eigenvalue weighted by atomic mass is 10.1. The van der Waals surface area contributed by atoms with Gasteiger partial charge >= 0.3 is 23.9 Å². The number of halogens is 2. The number of hydrogen-bond acceptors (Lipinski definition) is 6. The summed E-state index contributed by atoms with van der Waals surface area (Å²) >= 11 is 11.4. The van der Waals surface area contributed by atoms with E-state index in [0.29, 0.717) is 10.0 Å². The van der Waals surface area contributed by atoms with Crippen molar-refractivity contribution in [3.05, 3.63) is 69.7 Å². The van der Waals surface area contributed by atoms with E-state index in [-0.39, 0.29) is 11.1 Å². The van der Waals surface area contributed by atoms with Crippen molar-refractivity contribution in [2.75, 3.05) is 0 Å². The lowest BCUT2D eigenvalue weighted by molar-refractivity contribution is -0.166. The van der Waals surface area contributed by atoms with Crippen LogP contribution in [-0.4, -0.2) is 46.3 Å². The van der Waals surface area contributed by atoms with Crippen LogP contribution in [0.3, 0.4) is 0 Å². The number of carbonyl (C=O) groups is 4. The third-order valence-electron chi connectivity index (χ3n) is 3.39. The highest BCUT2D eigenvalue weighted by molar-refractivity contribution is 6.31. The van der Waals surface area contributed by atoms with E-state index in [1.165, 1.54) is 48.5 Å². The van der Waals surface area contributed by atoms with Crippen molar-refractivity contribution in [2.24, 2.45) is 0 Å². The first-order valence-electron chi connectivity index (χ1n) is 7.57. The van der Waals surface area contributed by atoms with Crippen LogP contribution in [0, 0.1) is 0 Å². The summed E-state index contributed by atoms with van der Waals surface area (Å²) in [6.07, 6.45) is -4.56. The first-order chi connectivity index (χ1) is 13.2. The molecular formula is C18H12Cl2O8. The van der Waals surface area contributed by atoms with E-state index in [9.17, 15) is 29.4 Å². The highest BCUT2D eigenvalue weighted by Crippen LogP contribution is 2.16. The van der Waals surface area contributed by atoms with Gasteiger partial charge in [-0.05, 0) is 48.5 Å². The third kappa shape index (κ3) is 5.45. The Morgan fingerprint density at radius 2 is 0.929 bits per heavy atom. The summed E-state index contributed by atoms with van der Waals surface area (Å²) in [6.45, 7) is 0. The fourth-order valence-electron chi connectivity index (χ4n) is 2.02. The Labute approximate surface area is 168 Å². The van der Waals surface area contributed by atoms with Gasteiger partial charge in [-0.25, -0.2) is 19.2 Å². The molecule has 2 atom stereocenters. The number of rotatable bonds is 7. The second kappa shape index (κ2) is 9.20. The van der Waals surface area contributed by atoms with E-state index in [0.717, 1.165) is 0 Å². The average molecular weight is 427 g/mol. The van der Waals surface area contributed by atoms with E-state index in [1.54, 1.807) is 0 Å². The van der Waals surface area contributed by atoms with Crippen LogP contribution in [0.4, 0.5) is 0 Å². The van der Waals surface area contributed by atoms with Gasteiger partial charge in [-0.15, -0.1) is 0 Å². The molecule has 2 rings (SSSR count). The van der Waals surface area contributed by atoms with Gasteiger partial charge in [0.1, 0.15) is 0 Å². The molecule has 0 aliphatic rings. The van der Waals surface area contributed by atoms with Crippen molar-refractivity contribution < 1.29 is 38.9 Å². The molecule has 2 N–H and O–H groups in total. The van der Waals surface area contributed by atoms with Crippen molar-refractivity contribution in [3.8, 4) is 0 Å². The van der Waals surface area contributed by atoms with E-state index in [2.05, 4.69) is 0 Å². The summed E-state index contributed by atoms with van der Waals surface area (Å²) in [7, 11) is 0. The fraction of sp³-hybridized carbons (Fsp3) is 0.111. The largest absolute Gasteiger partial charge is 0.478 e. The minimum atomic E-state index is -2.28. The van der Waals surface area contributed by atoms with E-state index in [1.807, 2.05) is 0 Å². The zero-order valence-electron chi connectivity index (χ0n) is 13.9. The Hall–Kier alpha value is -3.10. The van der Waals surface area contributed by atoms with E-state index < -0.39 is 36.1 Å². The predicted molar refractivity (Wildman–Crippen MR) is 96.6 cm³/mol. The lowest BCUT2D eigenvalue weighted by Gasteiger charge is -2.21. The summed E-state index contributed by atoms with van der Waals surface area (Å²) in [5, 5.41) is 19.2. The second-order valence-corrected chi connectivity index (χ2v) is 6.21. The van der Waals surface area contributed by atoms with Gasteiger partial charge in [-0.3, -0.25) is 0 Å². The molecule has 0 aliphatic carbocycles. The van der Waals surface area contributed by atoms with Gasteiger partial charge in [-0.1, -0.05) is 23.2 Å². The molecule has 0 amide bonds. The number of aliphatic carboxylic acids is 2. The van der Waals surface area contributed by atoms with Crippen LogP contribution in [0.15, 0.2) is 48.5 Å². The molecule has 0 aromatic heterocycles. The number of carboxylic acid groups (broad SMARTS) is 2. The summed E-state index contributed by atoms with van der Waals surface area (Å²) in [5.74, 6) is -5.87. The van der Waals surface area contributed by atoms with Gasteiger partial charge in [-0.2, -0.15) is 0 Å². The van der Waals surface area contributed by atoms with Crippen molar-refractivity contribution in [1.82, 2.24) is 0 Å². The molecule has 10 heteroatoms. The first kappa shape index (κ1) is 21.2. The number of benzene rings is 2. The Balaban J connectivity index is 2.21. The van der Waals surface area contributed by atoms with Crippen LogP contribution in [0.1, 0.15) is 20.7 Å². The maximum atomic E-state index is 12.1. The van der Waals surface area contributed by atoms with Gasteiger partial charge in [0.25, 0.3) is 0 Å². The summed E-state index contributed by atoms with van der Waals surface area (Å²) < 4.78 is 9.51. The number of carboxylic acids is 2. The van der Waals surface area contributed by atoms with Gasteiger partial charge in [0.2, 0.25) is 12.2 Å². The number of hydrogen-bond donors (Lipinski definition) is 2. The number of carbonyl (C=O) groups excluding carboxylic acids is 2. The Kier molecular flexibility index (Phi) is 6.97. The van der Waals surface area contributed by atoms with Crippen molar-refractivity contribution >= 4 is 47.1 Å². The number of esters is 2. The standard InChI is InChI=1S/C18H12Cl2O8/c19-11-5-1-9(2-6-11)17(25)27-13(15(21)22)14(16(23)24)28-18(26)10-3-7-12(20)8-4-10/h1-8,13-14H,(H,21,22)(H,23,24). The number of ether oxygens (including phenoxy) is 2. The molecular weight excluding hydrogens is 415 g/mol. The molecule has 0 radical (unpaired) electrons. The minimum Gasteiger partial charge on any atom is -0.478 e. The van der Waals surface area contributed by atoms with Gasteiger partial charge < -0.3 is 19.7 Å². The van der Waals surface area contributed by atoms with Crippen LogP contribution >= 0.6 is 23.2 Å². The molecule has 0 fully saturated rings. The van der Waals surface area contributed by atoms with Crippen LogP contribution in [0.5, 0.6) is 0 Å². The highest BCUT2D eigenvalue weighted by atomic mass is 35.5. The molecule has 2 aromatic rings. The average Bonchev–Trinajstić information content (AvgIpc) is 2.64. The molecule has 0 bridgehead atoms. The molecule has 0 saturated heterocycles. The molecule has 0 saturated carbocycles. The SMILES string of the molecule is O=C(OC(C(=O)O)C(OC(=O)c1ccc(Cl)cc1)C(=O)O)c1ccc(Cl)cc1. The Morgan fingerprint density at radius 3 is 1.18 bits per heavy atom. The quantitative estimate of drug-likeness (QED) is 0.646. The fourth-order valence-corrected chi connectivity index (χ4v) is 2.27. The van der Waals surface area contributed by atoms with Crippen molar-refractivity contribution in [3.63, 3.8) is 0 Å². The topological polar surface area (TPSA) is 127 Å². The van der Waals surface area contributed by atoms with Gasteiger partial charge in [0, 0.05) is 10.0 Å². The summed E-state index contributed by atoms with van der Waals surface area (Å²) in [5.41, 5.74) is -0.132. The molecule has 2 unspecified atom stereocenters. The monoisotopic (exact) mass is 426 g/mol. The van der Waals surface area contributed by atoms with Crippen LogP contribution in [-0.2, 0) is 19.1 Å². The predicted octanol–water partition coefficient (Wildman–Crippen LogP) is 2.91.